The molecule has 2 atom stereocenters. The van der Waals surface area contributed by atoms with Gasteiger partial charge in [0.1, 0.15) is 5.82 Å². The first-order chi connectivity index (χ1) is 11.7. The smallest absolute Gasteiger partial charge is 0.342 e. The van der Waals surface area contributed by atoms with Crippen LogP contribution in [0.5, 0.6) is 0 Å². The lowest BCUT2D eigenvalue weighted by Crippen LogP contribution is -2.29. The molecule has 0 radical (unpaired) electrons. The van der Waals surface area contributed by atoms with Crippen molar-refractivity contribution in [2.24, 2.45) is 5.73 Å². The van der Waals surface area contributed by atoms with E-state index in [1.807, 2.05) is 12.1 Å². The molecule has 1 aliphatic rings. The number of fused-ring (bicyclic) bond motifs is 1. The molecule has 1 amide bonds. The van der Waals surface area contributed by atoms with Crippen LogP contribution < -0.4 is 11.1 Å². The normalized spacial score (nSPS) is 18.5. The van der Waals surface area contributed by atoms with E-state index in [1.165, 1.54) is 6.92 Å². The Morgan fingerprint density at radius 1 is 1.40 bits per heavy atom. The summed E-state index contributed by atoms with van der Waals surface area (Å²) in [7, 11) is 0. The van der Waals surface area contributed by atoms with Crippen LogP contribution in [0.1, 0.15) is 52.5 Å². The maximum absolute atomic E-state index is 12.5. The Morgan fingerprint density at radius 3 is 2.84 bits per heavy atom. The SMILES string of the molecule is CC(NC(=O)c1ccc2c(c1)CCC(N)C2)c1nc(C(F)(F)F)n[nH]1. The van der Waals surface area contributed by atoms with Crippen molar-refractivity contribution in [3.8, 4) is 0 Å². The molecule has 0 bridgehead atoms. The molecule has 9 heteroatoms. The molecular formula is C16H18F3N5O. The average molecular weight is 353 g/mol. The fourth-order valence-electron chi connectivity index (χ4n) is 2.87. The van der Waals surface area contributed by atoms with Crippen LogP contribution in [0, 0.1) is 0 Å². The molecule has 134 valence electrons. The van der Waals surface area contributed by atoms with Gasteiger partial charge in [-0.2, -0.15) is 13.2 Å². The molecule has 1 aromatic carbocycles. The van der Waals surface area contributed by atoms with Crippen molar-refractivity contribution in [3.05, 3.63) is 46.5 Å². The van der Waals surface area contributed by atoms with Gasteiger partial charge >= 0.3 is 6.18 Å². The number of alkyl halides is 3. The summed E-state index contributed by atoms with van der Waals surface area (Å²) in [5.41, 5.74) is 8.61. The van der Waals surface area contributed by atoms with Gasteiger partial charge in [0.15, 0.2) is 0 Å². The second-order valence-electron chi connectivity index (χ2n) is 6.22. The first-order valence-electron chi connectivity index (χ1n) is 7.92. The number of hydrogen-bond acceptors (Lipinski definition) is 4. The molecule has 0 saturated carbocycles. The number of nitrogens with one attached hydrogen (secondary N) is 2. The Bertz CT molecular complexity index is 786. The van der Waals surface area contributed by atoms with Crippen LogP contribution >= 0.6 is 0 Å². The van der Waals surface area contributed by atoms with Gasteiger partial charge in [0, 0.05) is 11.6 Å². The quantitative estimate of drug-likeness (QED) is 0.787. The number of amides is 1. The van der Waals surface area contributed by atoms with Crippen molar-refractivity contribution in [2.45, 2.75) is 44.4 Å². The first kappa shape index (κ1) is 17.4. The summed E-state index contributed by atoms with van der Waals surface area (Å²) in [6, 6.07) is 4.79. The molecular weight excluding hydrogens is 335 g/mol. The van der Waals surface area contributed by atoms with E-state index in [0.29, 0.717) is 5.56 Å². The largest absolute Gasteiger partial charge is 0.453 e. The molecule has 1 aliphatic carbocycles. The van der Waals surface area contributed by atoms with Gasteiger partial charge in [-0.3, -0.25) is 9.89 Å². The highest BCUT2D eigenvalue weighted by Gasteiger charge is 2.36. The van der Waals surface area contributed by atoms with Gasteiger partial charge < -0.3 is 11.1 Å². The molecule has 0 fully saturated rings. The molecule has 1 aromatic heterocycles. The van der Waals surface area contributed by atoms with Gasteiger partial charge in [-0.15, -0.1) is 5.10 Å². The first-order valence-corrected chi connectivity index (χ1v) is 7.92. The van der Waals surface area contributed by atoms with E-state index in [1.54, 1.807) is 6.07 Å². The number of hydrogen-bond donors (Lipinski definition) is 3. The minimum atomic E-state index is -4.63. The molecule has 4 N–H and O–H groups in total. The highest BCUT2D eigenvalue weighted by molar-refractivity contribution is 5.94. The third-order valence-electron chi connectivity index (χ3n) is 4.25. The number of nitrogens with zero attached hydrogens (tertiary/aromatic N) is 2. The second kappa shape index (κ2) is 6.47. The summed E-state index contributed by atoms with van der Waals surface area (Å²) in [4.78, 5) is 15.7. The number of carbonyl (C=O) groups excluding carboxylic acids is 1. The molecule has 3 rings (SSSR count). The third kappa shape index (κ3) is 3.81. The molecule has 25 heavy (non-hydrogen) atoms. The number of nitrogens with two attached hydrogens (primary N) is 1. The lowest BCUT2D eigenvalue weighted by molar-refractivity contribution is -0.144. The summed E-state index contributed by atoms with van der Waals surface area (Å²) in [6.45, 7) is 1.54. The minimum absolute atomic E-state index is 0.0513. The van der Waals surface area contributed by atoms with E-state index in [2.05, 4.69) is 20.5 Å². The highest BCUT2D eigenvalue weighted by Crippen LogP contribution is 2.26. The minimum Gasteiger partial charge on any atom is -0.342 e. The average Bonchev–Trinajstić information content (AvgIpc) is 3.04. The van der Waals surface area contributed by atoms with E-state index >= 15 is 0 Å². The highest BCUT2D eigenvalue weighted by atomic mass is 19.4. The van der Waals surface area contributed by atoms with Crippen molar-refractivity contribution >= 4 is 5.91 Å². The zero-order valence-electron chi connectivity index (χ0n) is 13.5. The predicted octanol–water partition coefficient (Wildman–Crippen LogP) is 2.13. The van der Waals surface area contributed by atoms with Crippen molar-refractivity contribution in [1.29, 1.82) is 0 Å². The number of benzene rings is 1. The van der Waals surface area contributed by atoms with Crippen LogP contribution in [0.2, 0.25) is 0 Å². The summed E-state index contributed by atoms with van der Waals surface area (Å²) >= 11 is 0. The summed E-state index contributed by atoms with van der Waals surface area (Å²) in [5, 5.41) is 7.97. The number of aromatic amines is 1. The molecule has 0 saturated heterocycles. The van der Waals surface area contributed by atoms with Crippen LogP contribution in [0.25, 0.3) is 0 Å². The van der Waals surface area contributed by atoms with E-state index in [4.69, 9.17) is 5.73 Å². The Morgan fingerprint density at radius 2 is 2.16 bits per heavy atom. The molecule has 1 heterocycles. The number of aryl methyl sites for hydroxylation is 1. The van der Waals surface area contributed by atoms with Crippen molar-refractivity contribution in [2.75, 3.05) is 0 Å². The van der Waals surface area contributed by atoms with Crippen LogP contribution in [-0.4, -0.2) is 27.1 Å². The van der Waals surface area contributed by atoms with Crippen LogP contribution in [0.15, 0.2) is 18.2 Å². The molecule has 2 aromatic rings. The summed E-state index contributed by atoms with van der Waals surface area (Å²) in [5.74, 6) is -1.69. The zero-order valence-corrected chi connectivity index (χ0v) is 13.5. The lowest BCUT2D eigenvalue weighted by Gasteiger charge is -2.22. The molecule has 6 nitrogen and oxygen atoms in total. The van der Waals surface area contributed by atoms with Gasteiger partial charge in [0.05, 0.1) is 6.04 Å². The van der Waals surface area contributed by atoms with Gasteiger partial charge in [0.25, 0.3) is 11.7 Å². The molecule has 2 unspecified atom stereocenters. The van der Waals surface area contributed by atoms with Crippen LogP contribution in [0.3, 0.4) is 0 Å². The van der Waals surface area contributed by atoms with Crippen LogP contribution in [0.4, 0.5) is 13.2 Å². The van der Waals surface area contributed by atoms with E-state index in [-0.39, 0.29) is 17.8 Å². The van der Waals surface area contributed by atoms with Gasteiger partial charge in [-0.25, -0.2) is 4.98 Å². The third-order valence-corrected chi connectivity index (χ3v) is 4.25. The fourth-order valence-corrected chi connectivity index (χ4v) is 2.87. The zero-order chi connectivity index (χ0) is 18.2. The lowest BCUT2D eigenvalue weighted by atomic mass is 9.87. The predicted molar refractivity (Wildman–Crippen MR) is 83.7 cm³/mol. The van der Waals surface area contributed by atoms with Crippen molar-refractivity contribution in [1.82, 2.24) is 20.5 Å². The Labute approximate surface area is 142 Å². The number of rotatable bonds is 3. The Balaban J connectivity index is 1.71. The Hall–Kier alpha value is -2.42. The van der Waals surface area contributed by atoms with Crippen molar-refractivity contribution < 1.29 is 18.0 Å². The Kier molecular flexibility index (Phi) is 4.51. The molecule has 0 spiro atoms. The number of aromatic nitrogens is 3. The monoisotopic (exact) mass is 353 g/mol. The van der Waals surface area contributed by atoms with Gasteiger partial charge in [-0.05, 0) is 49.4 Å². The number of H-pyrrole nitrogens is 1. The second-order valence-corrected chi connectivity index (χ2v) is 6.22. The van der Waals surface area contributed by atoms with E-state index in [9.17, 15) is 18.0 Å². The topological polar surface area (TPSA) is 96.7 Å². The van der Waals surface area contributed by atoms with E-state index in [0.717, 1.165) is 30.4 Å². The van der Waals surface area contributed by atoms with Gasteiger partial charge in [0.2, 0.25) is 0 Å². The maximum atomic E-state index is 12.5. The standard InChI is InChI=1S/C16H18F3N5O/c1-8(13-22-15(24-23-13)16(17,18)19)21-14(25)11-3-2-10-7-12(20)5-4-9(10)6-11/h2-3,6,8,12H,4-5,7,20H2,1H3,(H,21,25)(H,22,23,24). The van der Waals surface area contributed by atoms with Crippen molar-refractivity contribution in [3.63, 3.8) is 0 Å². The molecule has 0 aliphatic heterocycles. The van der Waals surface area contributed by atoms with E-state index < -0.39 is 18.0 Å². The van der Waals surface area contributed by atoms with Gasteiger partial charge in [-0.1, -0.05) is 6.07 Å². The van der Waals surface area contributed by atoms with Crippen LogP contribution in [-0.2, 0) is 19.0 Å². The summed E-state index contributed by atoms with van der Waals surface area (Å²) < 4.78 is 37.6. The maximum Gasteiger partial charge on any atom is 0.453 e. The number of carbonyl (C=O) groups is 1. The summed E-state index contributed by atoms with van der Waals surface area (Å²) in [6.07, 6.45) is -2.17. The fraction of sp³-hybridized carbons (Fsp3) is 0.438. The number of halogens is 3.